The molecule has 0 unspecified atom stereocenters. The fourth-order valence-electron chi connectivity index (χ4n) is 2.14. The summed E-state index contributed by atoms with van der Waals surface area (Å²) in [7, 11) is 0.844. The topological polar surface area (TPSA) is 63.2 Å². The fourth-order valence-corrected chi connectivity index (χ4v) is 2.91. The van der Waals surface area contributed by atoms with E-state index in [9.17, 15) is 22.0 Å². The normalized spacial score (nSPS) is 15.9. The van der Waals surface area contributed by atoms with E-state index in [-0.39, 0.29) is 5.92 Å². The summed E-state index contributed by atoms with van der Waals surface area (Å²) in [5.74, 6) is -3.44. The first-order valence-electron chi connectivity index (χ1n) is 6.28. The van der Waals surface area contributed by atoms with Gasteiger partial charge >= 0.3 is 0 Å². The maximum Gasteiger partial charge on any atom is 0.261 e. The molecule has 8 heteroatoms. The molecule has 1 aromatic rings. The number of nitrogens with one attached hydrogen (secondary N) is 1. The summed E-state index contributed by atoms with van der Waals surface area (Å²) in [6, 6.07) is 1.18. The first kappa shape index (κ1) is 16.2. The van der Waals surface area contributed by atoms with Gasteiger partial charge < -0.3 is 5.32 Å². The summed E-state index contributed by atoms with van der Waals surface area (Å²) in [6.07, 6.45) is 1.89. The fraction of sp³-hybridized carbons (Fsp3) is 0.462. The molecule has 116 valence electrons. The van der Waals surface area contributed by atoms with Gasteiger partial charge in [0.05, 0.1) is 10.5 Å². The summed E-state index contributed by atoms with van der Waals surface area (Å²) in [6.45, 7) is 3.55. The van der Waals surface area contributed by atoms with Gasteiger partial charge in [-0.15, -0.1) is 0 Å². The van der Waals surface area contributed by atoms with Gasteiger partial charge in [-0.3, -0.25) is 4.79 Å². The average molecular weight is 338 g/mol. The van der Waals surface area contributed by atoms with Crippen LogP contribution in [0.3, 0.4) is 0 Å². The number of carbonyl (C=O) groups excluding carboxylic acids is 1. The van der Waals surface area contributed by atoms with Crippen LogP contribution in [0.1, 0.15) is 37.0 Å². The molecule has 0 radical (unpaired) electrons. The lowest BCUT2D eigenvalue weighted by atomic mass is 9.98. The van der Waals surface area contributed by atoms with Crippen molar-refractivity contribution in [3.63, 3.8) is 0 Å². The minimum atomic E-state index is -4.26. The molecule has 1 saturated carbocycles. The summed E-state index contributed by atoms with van der Waals surface area (Å²) in [4.78, 5) is 11.4. The predicted molar refractivity (Wildman–Crippen MR) is 73.7 cm³/mol. The van der Waals surface area contributed by atoms with Crippen molar-refractivity contribution < 1.29 is 22.0 Å². The molecule has 1 aliphatic carbocycles. The van der Waals surface area contributed by atoms with Crippen LogP contribution >= 0.6 is 10.7 Å². The SMILES string of the molecule is CC(C)(NC(=O)c1cc(S(=O)(=O)Cl)cc(F)c1F)C1CC1. The lowest BCUT2D eigenvalue weighted by Crippen LogP contribution is -2.45. The monoisotopic (exact) mass is 337 g/mol. The second-order valence-corrected chi connectivity index (χ2v) is 8.22. The van der Waals surface area contributed by atoms with Crippen molar-refractivity contribution in [2.45, 2.75) is 37.1 Å². The van der Waals surface area contributed by atoms with Crippen LogP contribution in [0.2, 0.25) is 0 Å². The summed E-state index contributed by atoms with van der Waals surface area (Å²) in [5, 5.41) is 2.60. The van der Waals surface area contributed by atoms with E-state index in [0.29, 0.717) is 6.07 Å². The van der Waals surface area contributed by atoms with Crippen LogP contribution in [-0.2, 0) is 9.05 Å². The van der Waals surface area contributed by atoms with E-state index in [2.05, 4.69) is 5.32 Å². The van der Waals surface area contributed by atoms with Gasteiger partial charge in [0.1, 0.15) is 0 Å². The van der Waals surface area contributed by atoms with Gasteiger partial charge in [-0.05, 0) is 44.7 Å². The number of benzene rings is 1. The van der Waals surface area contributed by atoms with E-state index in [1.807, 2.05) is 0 Å². The molecule has 0 spiro atoms. The van der Waals surface area contributed by atoms with Gasteiger partial charge in [0, 0.05) is 16.2 Å². The Bertz CT molecular complexity index is 700. The highest BCUT2D eigenvalue weighted by Crippen LogP contribution is 2.39. The molecule has 0 bridgehead atoms. The number of hydrogen-bond acceptors (Lipinski definition) is 3. The first-order valence-corrected chi connectivity index (χ1v) is 8.59. The molecular weight excluding hydrogens is 324 g/mol. The largest absolute Gasteiger partial charge is 0.347 e. The van der Waals surface area contributed by atoms with Gasteiger partial charge in [-0.25, -0.2) is 17.2 Å². The Kier molecular flexibility index (Phi) is 4.01. The number of hydrogen-bond donors (Lipinski definition) is 1. The third-order valence-corrected chi connectivity index (χ3v) is 4.89. The molecule has 1 aromatic carbocycles. The maximum atomic E-state index is 13.7. The van der Waals surface area contributed by atoms with E-state index in [0.717, 1.165) is 18.9 Å². The molecule has 0 aliphatic heterocycles. The van der Waals surface area contributed by atoms with Crippen molar-refractivity contribution >= 4 is 25.6 Å². The highest BCUT2D eigenvalue weighted by atomic mass is 35.7. The average Bonchev–Trinajstić information content (AvgIpc) is 3.14. The molecule has 0 aromatic heterocycles. The van der Waals surface area contributed by atoms with Crippen LogP contribution in [0.25, 0.3) is 0 Å². The third kappa shape index (κ3) is 3.52. The number of halogens is 3. The van der Waals surface area contributed by atoms with Crippen LogP contribution in [0.5, 0.6) is 0 Å². The zero-order valence-corrected chi connectivity index (χ0v) is 13.0. The second kappa shape index (κ2) is 5.21. The van der Waals surface area contributed by atoms with Crippen molar-refractivity contribution in [2.75, 3.05) is 0 Å². The van der Waals surface area contributed by atoms with E-state index in [4.69, 9.17) is 10.7 Å². The quantitative estimate of drug-likeness (QED) is 0.859. The third-order valence-electron chi connectivity index (χ3n) is 3.56. The van der Waals surface area contributed by atoms with Crippen molar-refractivity contribution in [2.24, 2.45) is 5.92 Å². The molecule has 1 amide bonds. The van der Waals surface area contributed by atoms with Gasteiger partial charge in [-0.1, -0.05) is 0 Å². The summed E-state index contributed by atoms with van der Waals surface area (Å²) >= 11 is 0. The molecule has 2 rings (SSSR count). The smallest absolute Gasteiger partial charge is 0.261 e. The van der Waals surface area contributed by atoms with Gasteiger partial charge in [0.2, 0.25) is 0 Å². The first-order chi connectivity index (χ1) is 9.52. The number of rotatable bonds is 4. The standard InChI is InChI=1S/C13H14ClF2NO3S/c1-13(2,7-3-4-7)17-12(18)9-5-8(21(14,19)20)6-10(15)11(9)16/h5-7H,3-4H2,1-2H3,(H,17,18). The van der Waals surface area contributed by atoms with Crippen LogP contribution in [0.15, 0.2) is 17.0 Å². The lowest BCUT2D eigenvalue weighted by Gasteiger charge is -2.26. The van der Waals surface area contributed by atoms with Gasteiger partial charge in [-0.2, -0.15) is 0 Å². The highest BCUT2D eigenvalue weighted by Gasteiger charge is 2.39. The Labute approximate surface area is 125 Å². The summed E-state index contributed by atoms with van der Waals surface area (Å²) < 4.78 is 49.6. The highest BCUT2D eigenvalue weighted by molar-refractivity contribution is 8.13. The van der Waals surface area contributed by atoms with Crippen molar-refractivity contribution in [3.05, 3.63) is 29.3 Å². The van der Waals surface area contributed by atoms with Crippen LogP contribution in [0.4, 0.5) is 8.78 Å². The zero-order valence-electron chi connectivity index (χ0n) is 11.4. The van der Waals surface area contributed by atoms with Crippen molar-refractivity contribution in [1.82, 2.24) is 5.32 Å². The predicted octanol–water partition coefficient (Wildman–Crippen LogP) is 2.81. The minimum Gasteiger partial charge on any atom is -0.347 e. The molecule has 0 saturated heterocycles. The Morgan fingerprint density at radius 3 is 2.38 bits per heavy atom. The Hall–Kier alpha value is -1.21. The minimum absolute atomic E-state index is 0.273. The van der Waals surface area contributed by atoms with Gasteiger partial charge in [0.15, 0.2) is 11.6 Å². The molecule has 1 N–H and O–H groups in total. The van der Waals surface area contributed by atoms with Crippen molar-refractivity contribution in [1.29, 1.82) is 0 Å². The maximum absolute atomic E-state index is 13.7. The van der Waals surface area contributed by atoms with E-state index in [1.54, 1.807) is 13.8 Å². The number of carbonyl (C=O) groups is 1. The van der Waals surface area contributed by atoms with Gasteiger partial charge in [0.25, 0.3) is 15.0 Å². The van der Waals surface area contributed by atoms with Crippen molar-refractivity contribution in [3.8, 4) is 0 Å². The molecular formula is C13H14ClF2NO3S. The second-order valence-electron chi connectivity index (χ2n) is 5.65. The Morgan fingerprint density at radius 1 is 1.33 bits per heavy atom. The molecule has 1 aliphatic rings. The Morgan fingerprint density at radius 2 is 1.90 bits per heavy atom. The molecule has 4 nitrogen and oxygen atoms in total. The van der Waals surface area contributed by atoms with E-state index in [1.165, 1.54) is 0 Å². The Balaban J connectivity index is 2.38. The summed E-state index contributed by atoms with van der Waals surface area (Å²) in [5.41, 5.74) is -1.25. The zero-order chi connectivity index (χ0) is 16.0. The molecule has 1 fully saturated rings. The lowest BCUT2D eigenvalue weighted by molar-refractivity contribution is 0.0898. The van der Waals surface area contributed by atoms with E-state index < -0.39 is 42.6 Å². The molecule has 0 atom stereocenters. The molecule has 0 heterocycles. The molecule has 21 heavy (non-hydrogen) atoms. The van der Waals surface area contributed by atoms with Crippen LogP contribution in [0, 0.1) is 17.6 Å². The van der Waals surface area contributed by atoms with Crippen LogP contribution in [-0.4, -0.2) is 19.9 Å². The number of amides is 1. The van der Waals surface area contributed by atoms with Crippen LogP contribution < -0.4 is 5.32 Å². The van der Waals surface area contributed by atoms with E-state index >= 15 is 0 Å².